The molecule has 0 aromatic heterocycles. The summed E-state index contributed by atoms with van der Waals surface area (Å²) < 4.78 is 11.8. The van der Waals surface area contributed by atoms with E-state index in [0.717, 1.165) is 54.0 Å². The van der Waals surface area contributed by atoms with E-state index in [1.807, 2.05) is 17.0 Å². The van der Waals surface area contributed by atoms with Gasteiger partial charge < -0.3 is 19.7 Å². The van der Waals surface area contributed by atoms with Crippen molar-refractivity contribution < 1.29 is 14.3 Å². The number of carbonyl (C=O) groups excluding carboxylic acids is 1. The molecule has 1 saturated heterocycles. The first-order valence-electron chi connectivity index (χ1n) is 7.55. The molecule has 1 amide bonds. The summed E-state index contributed by atoms with van der Waals surface area (Å²) in [5.74, 6) is 1.77. The van der Waals surface area contributed by atoms with Gasteiger partial charge in [-0.1, -0.05) is 15.9 Å². The predicted octanol–water partition coefficient (Wildman–Crippen LogP) is 2.57. The van der Waals surface area contributed by atoms with Crippen molar-refractivity contribution in [2.75, 3.05) is 33.9 Å². The molecule has 1 fully saturated rings. The Bertz CT molecular complexity index is 522. The molecule has 1 N–H and O–H groups in total. The fourth-order valence-corrected chi connectivity index (χ4v) is 3.13. The van der Waals surface area contributed by atoms with E-state index in [1.54, 1.807) is 14.2 Å². The lowest BCUT2D eigenvalue weighted by Crippen LogP contribution is -2.28. The fourth-order valence-electron chi connectivity index (χ4n) is 2.68. The molecule has 0 bridgehead atoms. The summed E-state index contributed by atoms with van der Waals surface area (Å²) in [5.41, 5.74) is 1.04. The molecule has 22 heavy (non-hydrogen) atoms. The summed E-state index contributed by atoms with van der Waals surface area (Å²) in [4.78, 5) is 13.5. The van der Waals surface area contributed by atoms with E-state index in [4.69, 9.17) is 9.47 Å². The monoisotopic (exact) mass is 370 g/mol. The van der Waals surface area contributed by atoms with Crippen LogP contribution < -0.4 is 14.8 Å². The molecule has 5 nitrogen and oxygen atoms in total. The number of nitrogens with one attached hydrogen (secondary N) is 1. The van der Waals surface area contributed by atoms with Crippen LogP contribution in [0.5, 0.6) is 11.5 Å². The molecule has 1 aromatic carbocycles. The minimum atomic E-state index is 0.289. The van der Waals surface area contributed by atoms with Crippen LogP contribution in [0.15, 0.2) is 16.6 Å². The number of nitrogens with zero attached hydrogens (tertiary/aromatic N) is 1. The largest absolute Gasteiger partial charge is 0.493 e. The first-order chi connectivity index (χ1) is 10.7. The van der Waals surface area contributed by atoms with Crippen LogP contribution in [-0.2, 0) is 11.3 Å². The molecule has 0 atom stereocenters. The molecule has 1 heterocycles. The molecule has 122 valence electrons. The zero-order valence-corrected chi connectivity index (χ0v) is 14.7. The van der Waals surface area contributed by atoms with Gasteiger partial charge in [0.15, 0.2) is 11.5 Å². The zero-order valence-electron chi connectivity index (χ0n) is 13.2. The molecule has 0 radical (unpaired) electrons. The van der Waals surface area contributed by atoms with E-state index in [-0.39, 0.29) is 5.91 Å². The Kier molecular flexibility index (Phi) is 6.51. The lowest BCUT2D eigenvalue weighted by atomic mass is 10.2. The third kappa shape index (κ3) is 4.14. The molecule has 0 saturated carbocycles. The summed E-state index contributed by atoms with van der Waals surface area (Å²) in [6, 6.07) is 3.84. The number of ether oxygens (including phenoxy) is 2. The standard InChI is InChI=1S/C16H23BrN2O3/c1-21-14-7-6-13(17)12(16(14)22-2)11-18-8-4-10-19-9-3-5-15(19)20/h6-7,18H,3-5,8-11H2,1-2H3. The van der Waals surface area contributed by atoms with Crippen LogP contribution >= 0.6 is 15.9 Å². The van der Waals surface area contributed by atoms with Gasteiger partial charge in [-0.15, -0.1) is 0 Å². The third-order valence-corrected chi connectivity index (χ3v) is 4.59. The maximum absolute atomic E-state index is 11.5. The number of hydrogen-bond donors (Lipinski definition) is 1. The van der Waals surface area contributed by atoms with Crippen LogP contribution in [0.3, 0.4) is 0 Å². The highest BCUT2D eigenvalue weighted by molar-refractivity contribution is 9.10. The Morgan fingerprint density at radius 1 is 1.32 bits per heavy atom. The molecule has 6 heteroatoms. The fraction of sp³-hybridized carbons (Fsp3) is 0.562. The quantitative estimate of drug-likeness (QED) is 0.714. The van der Waals surface area contributed by atoms with Crippen LogP contribution in [0.2, 0.25) is 0 Å². The van der Waals surface area contributed by atoms with Gasteiger partial charge in [-0.2, -0.15) is 0 Å². The van der Waals surface area contributed by atoms with E-state index < -0.39 is 0 Å². The molecule has 1 aliphatic rings. The predicted molar refractivity (Wildman–Crippen MR) is 89.4 cm³/mol. The Morgan fingerprint density at radius 2 is 2.14 bits per heavy atom. The number of methoxy groups -OCH3 is 2. The highest BCUT2D eigenvalue weighted by Gasteiger charge is 2.19. The van der Waals surface area contributed by atoms with Gasteiger partial charge in [0, 0.05) is 36.1 Å². The Balaban J connectivity index is 1.82. The maximum atomic E-state index is 11.5. The average molecular weight is 371 g/mol. The lowest BCUT2D eigenvalue weighted by molar-refractivity contribution is -0.127. The van der Waals surface area contributed by atoms with Gasteiger partial charge in [0.2, 0.25) is 5.91 Å². The smallest absolute Gasteiger partial charge is 0.222 e. The lowest BCUT2D eigenvalue weighted by Gasteiger charge is -2.17. The third-order valence-electron chi connectivity index (χ3n) is 3.85. The van der Waals surface area contributed by atoms with Crippen molar-refractivity contribution in [2.24, 2.45) is 0 Å². The Labute approximate surface area is 140 Å². The van der Waals surface area contributed by atoms with E-state index in [0.29, 0.717) is 13.0 Å². The molecule has 2 rings (SSSR count). The van der Waals surface area contributed by atoms with Crippen molar-refractivity contribution in [3.05, 3.63) is 22.2 Å². The van der Waals surface area contributed by atoms with E-state index in [2.05, 4.69) is 21.2 Å². The van der Waals surface area contributed by atoms with Crippen molar-refractivity contribution in [2.45, 2.75) is 25.8 Å². The van der Waals surface area contributed by atoms with E-state index >= 15 is 0 Å². The van der Waals surface area contributed by atoms with Crippen LogP contribution in [0, 0.1) is 0 Å². The molecule has 1 aliphatic heterocycles. The first-order valence-corrected chi connectivity index (χ1v) is 8.34. The topological polar surface area (TPSA) is 50.8 Å². The van der Waals surface area contributed by atoms with Gasteiger partial charge in [0.1, 0.15) is 0 Å². The molecule has 0 aliphatic carbocycles. The molecule has 1 aromatic rings. The second-order valence-electron chi connectivity index (χ2n) is 5.28. The van der Waals surface area contributed by atoms with Gasteiger partial charge in [-0.05, 0) is 31.5 Å². The number of likely N-dealkylation sites (tertiary alicyclic amines) is 1. The molecular formula is C16H23BrN2O3. The number of benzene rings is 1. The normalized spacial score (nSPS) is 14.5. The summed E-state index contributed by atoms with van der Waals surface area (Å²) >= 11 is 3.55. The van der Waals surface area contributed by atoms with Gasteiger partial charge >= 0.3 is 0 Å². The van der Waals surface area contributed by atoms with Crippen molar-refractivity contribution in [3.63, 3.8) is 0 Å². The van der Waals surface area contributed by atoms with E-state index in [1.165, 1.54) is 0 Å². The summed E-state index contributed by atoms with van der Waals surface area (Å²) in [5, 5.41) is 3.40. The van der Waals surface area contributed by atoms with Crippen molar-refractivity contribution in [3.8, 4) is 11.5 Å². The highest BCUT2D eigenvalue weighted by Crippen LogP contribution is 2.35. The minimum Gasteiger partial charge on any atom is -0.493 e. The number of rotatable bonds is 8. The second kappa shape index (κ2) is 8.39. The first kappa shape index (κ1) is 17.1. The average Bonchev–Trinajstić information content (AvgIpc) is 2.93. The van der Waals surface area contributed by atoms with Crippen molar-refractivity contribution in [1.29, 1.82) is 0 Å². The maximum Gasteiger partial charge on any atom is 0.222 e. The van der Waals surface area contributed by atoms with Crippen molar-refractivity contribution >= 4 is 21.8 Å². The van der Waals surface area contributed by atoms with Crippen LogP contribution in [0.1, 0.15) is 24.8 Å². The number of hydrogen-bond acceptors (Lipinski definition) is 4. The number of halogens is 1. The van der Waals surface area contributed by atoms with E-state index in [9.17, 15) is 4.79 Å². The molecule has 0 unspecified atom stereocenters. The molecule has 0 spiro atoms. The minimum absolute atomic E-state index is 0.289. The second-order valence-corrected chi connectivity index (χ2v) is 6.13. The van der Waals surface area contributed by atoms with Gasteiger partial charge in [-0.3, -0.25) is 4.79 Å². The van der Waals surface area contributed by atoms with Crippen molar-refractivity contribution in [1.82, 2.24) is 10.2 Å². The Morgan fingerprint density at radius 3 is 2.77 bits per heavy atom. The SMILES string of the molecule is COc1ccc(Br)c(CNCCCN2CCCC2=O)c1OC. The van der Waals surface area contributed by atoms with Gasteiger partial charge in [-0.25, -0.2) is 0 Å². The summed E-state index contributed by atoms with van der Waals surface area (Å²) in [6.07, 6.45) is 2.66. The summed E-state index contributed by atoms with van der Waals surface area (Å²) in [6.45, 7) is 3.29. The zero-order chi connectivity index (χ0) is 15.9. The van der Waals surface area contributed by atoms with Gasteiger partial charge in [0.25, 0.3) is 0 Å². The van der Waals surface area contributed by atoms with Gasteiger partial charge in [0.05, 0.1) is 14.2 Å². The highest BCUT2D eigenvalue weighted by atomic mass is 79.9. The van der Waals surface area contributed by atoms with Crippen LogP contribution in [-0.4, -0.2) is 44.7 Å². The van der Waals surface area contributed by atoms with Crippen LogP contribution in [0.25, 0.3) is 0 Å². The summed E-state index contributed by atoms with van der Waals surface area (Å²) in [7, 11) is 3.28. The number of carbonyl (C=O) groups is 1. The number of amides is 1. The Hall–Kier alpha value is -1.27. The molecular weight excluding hydrogens is 348 g/mol. The van der Waals surface area contributed by atoms with Crippen LogP contribution in [0.4, 0.5) is 0 Å².